The van der Waals surface area contributed by atoms with Gasteiger partial charge >= 0.3 is 0 Å². The minimum absolute atomic E-state index is 0.729. The lowest BCUT2D eigenvalue weighted by molar-refractivity contribution is 1.13. The summed E-state index contributed by atoms with van der Waals surface area (Å²) in [5.41, 5.74) is 5.45. The number of para-hydroxylation sites is 1. The summed E-state index contributed by atoms with van der Waals surface area (Å²) in [4.78, 5) is 4.57. The topological polar surface area (TPSA) is 24.9 Å². The number of nitrogens with one attached hydrogen (secondary N) is 1. The van der Waals surface area contributed by atoms with Crippen LogP contribution in [0.5, 0.6) is 0 Å². The molecule has 0 amide bonds. The number of aryl methyl sites for hydroxylation is 2. The molecule has 0 aliphatic heterocycles. The van der Waals surface area contributed by atoms with Crippen LogP contribution < -0.4 is 5.32 Å². The molecule has 2 nitrogen and oxygen atoms in total. The predicted octanol–water partition coefficient (Wildman–Crippen LogP) is 5.12. The number of anilines is 1. The molecular weight excluding hydrogens is 280 g/mol. The summed E-state index contributed by atoms with van der Waals surface area (Å²) in [5.74, 6) is 0. The lowest BCUT2D eigenvalue weighted by Gasteiger charge is -2.12. The monoisotopic (exact) mass is 296 g/mol. The second kappa shape index (κ2) is 5.74. The van der Waals surface area contributed by atoms with Gasteiger partial charge in [-0.1, -0.05) is 35.9 Å². The molecule has 21 heavy (non-hydrogen) atoms. The predicted molar refractivity (Wildman–Crippen MR) is 90.0 cm³/mol. The third kappa shape index (κ3) is 3.01. The summed E-state index contributed by atoms with van der Waals surface area (Å²) in [7, 11) is 0. The van der Waals surface area contributed by atoms with Gasteiger partial charge in [0.2, 0.25) is 0 Å². The molecule has 3 aromatic rings. The van der Waals surface area contributed by atoms with Gasteiger partial charge in [0.05, 0.1) is 16.2 Å². The van der Waals surface area contributed by atoms with Crippen LogP contribution in [0.3, 0.4) is 0 Å². The van der Waals surface area contributed by atoms with E-state index in [1.54, 1.807) is 0 Å². The highest BCUT2D eigenvalue weighted by molar-refractivity contribution is 6.33. The average molecular weight is 297 g/mol. The van der Waals surface area contributed by atoms with Crippen LogP contribution in [-0.2, 0) is 6.54 Å². The lowest BCUT2D eigenvalue weighted by Crippen LogP contribution is -2.02. The summed E-state index contributed by atoms with van der Waals surface area (Å²) in [6.07, 6.45) is 0. The molecule has 3 heteroatoms. The van der Waals surface area contributed by atoms with Gasteiger partial charge in [0.15, 0.2) is 0 Å². The van der Waals surface area contributed by atoms with Gasteiger partial charge in [-0.25, -0.2) is 0 Å². The second-order valence-electron chi connectivity index (χ2n) is 5.28. The second-order valence-corrected chi connectivity index (χ2v) is 5.68. The van der Waals surface area contributed by atoms with E-state index < -0.39 is 0 Å². The standard InChI is InChI=1S/C18H17ClN2/c1-12-7-8-16(19)18(9-12)20-11-14-10-13(2)21-17-6-4-3-5-15(14)17/h3-10,20H,11H2,1-2H3. The van der Waals surface area contributed by atoms with Crippen LogP contribution in [0.25, 0.3) is 10.9 Å². The fourth-order valence-electron chi connectivity index (χ4n) is 2.51. The fourth-order valence-corrected chi connectivity index (χ4v) is 2.69. The minimum atomic E-state index is 0.729. The number of benzene rings is 2. The molecule has 0 aliphatic carbocycles. The van der Waals surface area contributed by atoms with E-state index in [0.717, 1.165) is 28.5 Å². The van der Waals surface area contributed by atoms with Gasteiger partial charge < -0.3 is 5.32 Å². The van der Waals surface area contributed by atoms with Crippen molar-refractivity contribution in [2.75, 3.05) is 5.32 Å². The lowest BCUT2D eigenvalue weighted by atomic mass is 10.1. The molecule has 0 fully saturated rings. The first kappa shape index (κ1) is 13.9. The zero-order valence-corrected chi connectivity index (χ0v) is 12.9. The van der Waals surface area contributed by atoms with E-state index in [9.17, 15) is 0 Å². The minimum Gasteiger partial charge on any atom is -0.380 e. The molecule has 1 heterocycles. The van der Waals surface area contributed by atoms with E-state index in [2.05, 4.69) is 35.4 Å². The maximum absolute atomic E-state index is 6.24. The van der Waals surface area contributed by atoms with E-state index in [4.69, 9.17) is 11.6 Å². The number of hydrogen-bond donors (Lipinski definition) is 1. The molecule has 0 saturated heterocycles. The largest absolute Gasteiger partial charge is 0.380 e. The Hall–Kier alpha value is -2.06. The van der Waals surface area contributed by atoms with E-state index >= 15 is 0 Å². The maximum Gasteiger partial charge on any atom is 0.0708 e. The summed E-state index contributed by atoms with van der Waals surface area (Å²) in [6, 6.07) is 16.3. The van der Waals surface area contributed by atoms with Crippen molar-refractivity contribution < 1.29 is 0 Å². The molecule has 0 spiro atoms. The molecule has 0 bridgehead atoms. The zero-order chi connectivity index (χ0) is 14.8. The molecule has 106 valence electrons. The molecule has 0 aliphatic rings. The van der Waals surface area contributed by atoms with Crippen LogP contribution in [0.2, 0.25) is 5.02 Å². The van der Waals surface area contributed by atoms with Gasteiger partial charge in [-0.05, 0) is 49.2 Å². The molecule has 0 saturated carbocycles. The molecule has 0 atom stereocenters. The molecule has 1 N–H and O–H groups in total. The van der Waals surface area contributed by atoms with Crippen molar-refractivity contribution in [3.63, 3.8) is 0 Å². The number of aromatic nitrogens is 1. The number of pyridine rings is 1. The van der Waals surface area contributed by atoms with Gasteiger partial charge in [0.1, 0.15) is 0 Å². The smallest absolute Gasteiger partial charge is 0.0708 e. The van der Waals surface area contributed by atoms with Gasteiger partial charge in [-0.3, -0.25) is 4.98 Å². The Morgan fingerprint density at radius 3 is 2.71 bits per heavy atom. The van der Waals surface area contributed by atoms with Crippen LogP contribution in [0, 0.1) is 13.8 Å². The average Bonchev–Trinajstić information content (AvgIpc) is 2.47. The highest BCUT2D eigenvalue weighted by atomic mass is 35.5. The van der Waals surface area contributed by atoms with Crippen molar-refractivity contribution in [1.82, 2.24) is 4.98 Å². The number of nitrogens with zero attached hydrogens (tertiary/aromatic N) is 1. The van der Waals surface area contributed by atoms with Crippen molar-refractivity contribution in [1.29, 1.82) is 0 Å². The number of halogens is 1. The molecule has 2 aromatic carbocycles. The van der Waals surface area contributed by atoms with Gasteiger partial charge in [-0.15, -0.1) is 0 Å². The highest BCUT2D eigenvalue weighted by Gasteiger charge is 2.05. The zero-order valence-electron chi connectivity index (χ0n) is 12.2. The number of fused-ring (bicyclic) bond motifs is 1. The fraction of sp³-hybridized carbons (Fsp3) is 0.167. The summed E-state index contributed by atoms with van der Waals surface area (Å²) < 4.78 is 0. The van der Waals surface area contributed by atoms with E-state index in [1.165, 1.54) is 16.5 Å². The van der Waals surface area contributed by atoms with Crippen molar-refractivity contribution in [3.8, 4) is 0 Å². The van der Waals surface area contributed by atoms with Gasteiger partial charge in [0, 0.05) is 17.6 Å². The molecule has 0 radical (unpaired) electrons. The first-order valence-electron chi connectivity index (χ1n) is 6.99. The van der Waals surface area contributed by atoms with Crippen LogP contribution in [0.4, 0.5) is 5.69 Å². The summed E-state index contributed by atoms with van der Waals surface area (Å²) >= 11 is 6.24. The SMILES string of the molecule is Cc1ccc(Cl)c(NCc2cc(C)nc3ccccc23)c1. The maximum atomic E-state index is 6.24. The molecule has 3 rings (SSSR count). The normalized spacial score (nSPS) is 10.8. The molecule has 1 aromatic heterocycles. The molecule has 0 unspecified atom stereocenters. The van der Waals surface area contributed by atoms with Gasteiger partial charge in [0.25, 0.3) is 0 Å². The van der Waals surface area contributed by atoms with Crippen molar-refractivity contribution in [2.24, 2.45) is 0 Å². The van der Waals surface area contributed by atoms with Gasteiger partial charge in [-0.2, -0.15) is 0 Å². The van der Waals surface area contributed by atoms with Crippen LogP contribution in [-0.4, -0.2) is 4.98 Å². The Kier molecular flexibility index (Phi) is 3.80. The van der Waals surface area contributed by atoms with Crippen molar-refractivity contribution >= 4 is 28.2 Å². The summed E-state index contributed by atoms with van der Waals surface area (Å²) in [5, 5.41) is 5.36. The Balaban J connectivity index is 1.93. The van der Waals surface area contributed by atoms with E-state index in [-0.39, 0.29) is 0 Å². The van der Waals surface area contributed by atoms with E-state index in [0.29, 0.717) is 0 Å². The van der Waals surface area contributed by atoms with Crippen LogP contribution >= 0.6 is 11.6 Å². The van der Waals surface area contributed by atoms with Crippen molar-refractivity contribution in [3.05, 3.63) is 70.4 Å². The van der Waals surface area contributed by atoms with Crippen LogP contribution in [0.15, 0.2) is 48.5 Å². The Bertz CT molecular complexity index is 796. The van der Waals surface area contributed by atoms with Crippen LogP contribution in [0.1, 0.15) is 16.8 Å². The third-order valence-electron chi connectivity index (χ3n) is 3.52. The Morgan fingerprint density at radius 1 is 1.05 bits per heavy atom. The number of rotatable bonds is 3. The summed E-state index contributed by atoms with van der Waals surface area (Å²) in [6.45, 7) is 4.82. The highest BCUT2D eigenvalue weighted by Crippen LogP contribution is 2.25. The number of hydrogen-bond acceptors (Lipinski definition) is 2. The Labute approximate surface area is 129 Å². The van der Waals surface area contributed by atoms with E-state index in [1.807, 2.05) is 37.3 Å². The quantitative estimate of drug-likeness (QED) is 0.726. The first-order valence-corrected chi connectivity index (χ1v) is 7.36. The molecular formula is C18H17ClN2. The van der Waals surface area contributed by atoms with Crippen molar-refractivity contribution in [2.45, 2.75) is 20.4 Å². The third-order valence-corrected chi connectivity index (χ3v) is 3.85. The first-order chi connectivity index (χ1) is 10.1. The Morgan fingerprint density at radius 2 is 1.86 bits per heavy atom.